The van der Waals surface area contributed by atoms with Gasteiger partial charge in [-0.15, -0.1) is 0 Å². The molecule has 0 radical (unpaired) electrons. The molecule has 4 nitrogen and oxygen atoms in total. The number of nitrogens with two attached hydrogens (primary N) is 1. The van der Waals surface area contributed by atoms with Crippen molar-refractivity contribution in [1.82, 2.24) is 0 Å². The smallest absolute Gasteiger partial charge is 0.123 e. The van der Waals surface area contributed by atoms with E-state index in [2.05, 4.69) is 6.58 Å². The fraction of sp³-hybridized carbons (Fsp3) is 0.294. The highest BCUT2D eigenvalue weighted by Gasteiger charge is 1.96. The summed E-state index contributed by atoms with van der Waals surface area (Å²) >= 11 is 0. The van der Waals surface area contributed by atoms with E-state index in [0.717, 1.165) is 17.9 Å². The predicted octanol–water partition coefficient (Wildman–Crippen LogP) is 3.07. The first-order valence-corrected chi connectivity index (χ1v) is 6.88. The third-order valence-electron chi connectivity index (χ3n) is 2.54. The number of hydrogen-bond donors (Lipinski definition) is 1. The third kappa shape index (κ3) is 7.84. The molecular weight excluding hydrogens is 266 g/mol. The second-order valence-corrected chi connectivity index (χ2v) is 4.21. The van der Waals surface area contributed by atoms with Crippen LogP contribution in [0.5, 0.6) is 11.5 Å². The molecule has 0 fully saturated rings. The Morgan fingerprint density at radius 3 is 2.57 bits per heavy atom. The fourth-order valence-corrected chi connectivity index (χ4v) is 1.48. The molecule has 0 heterocycles. The molecule has 0 saturated carbocycles. The molecule has 1 rings (SSSR count). The summed E-state index contributed by atoms with van der Waals surface area (Å²) in [5.41, 5.74) is 5.40. The number of methoxy groups -OCH3 is 1. The van der Waals surface area contributed by atoms with Crippen molar-refractivity contribution in [3.05, 3.63) is 60.9 Å². The minimum atomic E-state index is 0.499. The van der Waals surface area contributed by atoms with Gasteiger partial charge in [-0.2, -0.15) is 0 Å². The van der Waals surface area contributed by atoms with Crippen LogP contribution in [-0.2, 0) is 4.74 Å². The average molecular weight is 289 g/mol. The number of benzene rings is 1. The van der Waals surface area contributed by atoms with Crippen LogP contribution in [0.2, 0.25) is 0 Å². The maximum atomic E-state index is 5.65. The van der Waals surface area contributed by atoms with Crippen LogP contribution in [0.4, 0.5) is 0 Å². The molecule has 0 aromatic heterocycles. The molecule has 0 spiro atoms. The molecule has 2 N–H and O–H groups in total. The summed E-state index contributed by atoms with van der Waals surface area (Å²) in [6, 6.07) is 7.55. The Morgan fingerprint density at radius 2 is 1.90 bits per heavy atom. The number of rotatable bonds is 10. The highest BCUT2D eigenvalue weighted by atomic mass is 16.5. The van der Waals surface area contributed by atoms with Gasteiger partial charge in [0.2, 0.25) is 0 Å². The summed E-state index contributed by atoms with van der Waals surface area (Å²) in [6.45, 7) is 5.30. The van der Waals surface area contributed by atoms with Gasteiger partial charge >= 0.3 is 0 Å². The lowest BCUT2D eigenvalue weighted by molar-refractivity contribution is 0.309. The molecule has 0 saturated heterocycles. The number of allylic oxidation sites excluding steroid dienone is 3. The zero-order valence-electron chi connectivity index (χ0n) is 12.5. The SMILES string of the molecule is C=C(/C=C\C=C/CCOc1cccc(OCCN)c1)OC. The molecule has 0 aliphatic heterocycles. The van der Waals surface area contributed by atoms with Gasteiger partial charge in [0.05, 0.1) is 13.7 Å². The minimum absolute atomic E-state index is 0.499. The van der Waals surface area contributed by atoms with Crippen LogP contribution in [0.15, 0.2) is 60.9 Å². The first-order valence-electron chi connectivity index (χ1n) is 6.88. The van der Waals surface area contributed by atoms with Gasteiger partial charge in [0.1, 0.15) is 23.9 Å². The molecule has 0 atom stereocenters. The molecule has 4 heteroatoms. The highest BCUT2D eigenvalue weighted by Crippen LogP contribution is 2.19. The Kier molecular flexibility index (Phi) is 8.48. The van der Waals surface area contributed by atoms with Gasteiger partial charge in [0, 0.05) is 12.6 Å². The molecule has 0 aliphatic carbocycles. The maximum Gasteiger partial charge on any atom is 0.123 e. The first-order chi connectivity index (χ1) is 10.3. The van der Waals surface area contributed by atoms with E-state index in [1.165, 1.54) is 0 Å². The van der Waals surface area contributed by atoms with Gasteiger partial charge in [0.25, 0.3) is 0 Å². The zero-order chi connectivity index (χ0) is 15.3. The van der Waals surface area contributed by atoms with Crippen LogP contribution in [0.1, 0.15) is 6.42 Å². The van der Waals surface area contributed by atoms with Gasteiger partial charge < -0.3 is 19.9 Å². The lowest BCUT2D eigenvalue weighted by Crippen LogP contribution is -2.10. The lowest BCUT2D eigenvalue weighted by Gasteiger charge is -2.08. The average Bonchev–Trinajstić information content (AvgIpc) is 2.52. The Hall–Kier alpha value is -2.20. The van der Waals surface area contributed by atoms with Crippen LogP contribution in [-0.4, -0.2) is 26.9 Å². The predicted molar refractivity (Wildman–Crippen MR) is 85.5 cm³/mol. The van der Waals surface area contributed by atoms with Crippen molar-refractivity contribution in [1.29, 1.82) is 0 Å². The summed E-state index contributed by atoms with van der Waals surface area (Å²) in [5, 5.41) is 0. The van der Waals surface area contributed by atoms with Crippen molar-refractivity contribution in [2.45, 2.75) is 6.42 Å². The standard InChI is InChI=1S/C17H23NO3/c1-15(19-2)8-5-3-4-6-12-20-16-9-7-10-17(14-16)21-13-11-18/h3-5,7-10,14H,1,6,11-13,18H2,2H3/b4-3-,8-5-. The molecule has 0 amide bonds. The van der Waals surface area contributed by atoms with Gasteiger partial charge in [-0.1, -0.05) is 30.9 Å². The number of ether oxygens (including phenoxy) is 3. The van der Waals surface area contributed by atoms with Crippen molar-refractivity contribution in [2.75, 3.05) is 26.9 Å². The van der Waals surface area contributed by atoms with Crippen molar-refractivity contribution >= 4 is 0 Å². The first kappa shape index (κ1) is 16.9. The van der Waals surface area contributed by atoms with E-state index in [-0.39, 0.29) is 0 Å². The normalized spacial score (nSPS) is 11.0. The molecule has 0 bridgehead atoms. The summed E-state index contributed by atoms with van der Waals surface area (Å²) in [7, 11) is 1.59. The Balaban J connectivity index is 2.27. The zero-order valence-corrected chi connectivity index (χ0v) is 12.5. The third-order valence-corrected chi connectivity index (χ3v) is 2.54. The second-order valence-electron chi connectivity index (χ2n) is 4.21. The summed E-state index contributed by atoms with van der Waals surface area (Å²) in [4.78, 5) is 0. The Morgan fingerprint density at radius 1 is 1.19 bits per heavy atom. The summed E-state index contributed by atoms with van der Waals surface area (Å²) in [6.07, 6.45) is 8.46. The van der Waals surface area contributed by atoms with Gasteiger partial charge in [-0.3, -0.25) is 0 Å². The summed E-state index contributed by atoms with van der Waals surface area (Å²) < 4.78 is 16.0. The van der Waals surface area contributed by atoms with E-state index in [4.69, 9.17) is 19.9 Å². The van der Waals surface area contributed by atoms with Crippen molar-refractivity contribution in [3.8, 4) is 11.5 Å². The van der Waals surface area contributed by atoms with Crippen LogP contribution in [0.25, 0.3) is 0 Å². The molecule has 0 aliphatic rings. The van der Waals surface area contributed by atoms with Crippen LogP contribution < -0.4 is 15.2 Å². The molecular formula is C17H23NO3. The maximum absolute atomic E-state index is 5.65. The monoisotopic (exact) mass is 289 g/mol. The van der Waals surface area contributed by atoms with Gasteiger partial charge in [-0.05, 0) is 24.6 Å². The van der Waals surface area contributed by atoms with E-state index < -0.39 is 0 Å². The molecule has 1 aromatic carbocycles. The molecule has 0 unspecified atom stereocenters. The van der Waals surface area contributed by atoms with Crippen LogP contribution in [0.3, 0.4) is 0 Å². The van der Waals surface area contributed by atoms with Gasteiger partial charge in [-0.25, -0.2) is 0 Å². The van der Waals surface area contributed by atoms with E-state index >= 15 is 0 Å². The summed E-state index contributed by atoms with van der Waals surface area (Å²) in [5.74, 6) is 2.20. The van der Waals surface area contributed by atoms with Crippen LogP contribution >= 0.6 is 0 Å². The van der Waals surface area contributed by atoms with E-state index in [1.807, 2.05) is 42.5 Å². The van der Waals surface area contributed by atoms with E-state index in [1.54, 1.807) is 13.2 Å². The largest absolute Gasteiger partial charge is 0.497 e. The van der Waals surface area contributed by atoms with Crippen molar-refractivity contribution < 1.29 is 14.2 Å². The quantitative estimate of drug-likeness (QED) is 0.408. The van der Waals surface area contributed by atoms with Crippen molar-refractivity contribution in [2.24, 2.45) is 5.73 Å². The van der Waals surface area contributed by atoms with E-state index in [0.29, 0.717) is 25.5 Å². The van der Waals surface area contributed by atoms with E-state index in [9.17, 15) is 0 Å². The molecule has 21 heavy (non-hydrogen) atoms. The second kappa shape index (κ2) is 10.6. The fourth-order valence-electron chi connectivity index (χ4n) is 1.48. The van der Waals surface area contributed by atoms with Crippen molar-refractivity contribution in [3.63, 3.8) is 0 Å². The van der Waals surface area contributed by atoms with Gasteiger partial charge in [0.15, 0.2) is 0 Å². The van der Waals surface area contributed by atoms with Crippen LogP contribution in [0, 0.1) is 0 Å². The number of hydrogen-bond acceptors (Lipinski definition) is 4. The Labute approximate surface area is 126 Å². The molecule has 114 valence electrons. The highest BCUT2D eigenvalue weighted by molar-refractivity contribution is 5.32. The topological polar surface area (TPSA) is 53.7 Å². The minimum Gasteiger partial charge on any atom is -0.497 e. The molecule has 1 aromatic rings. The lowest BCUT2D eigenvalue weighted by atomic mass is 10.3. The Bertz CT molecular complexity index is 481.